The minimum atomic E-state index is -0.104. The Hall–Kier alpha value is -1.88. The first-order valence-corrected chi connectivity index (χ1v) is 8.93. The number of rotatable bonds is 12. The summed E-state index contributed by atoms with van der Waals surface area (Å²) in [5.74, 6) is -0.0930. The zero-order chi connectivity index (χ0) is 17.6. The van der Waals surface area contributed by atoms with Crippen LogP contribution in [0, 0.1) is 0 Å². The van der Waals surface area contributed by atoms with Crippen LogP contribution in [0.3, 0.4) is 0 Å². The number of amides is 2. The molecule has 1 aromatic rings. The molecule has 134 valence electrons. The van der Waals surface area contributed by atoms with E-state index in [1.165, 1.54) is 0 Å². The molecule has 0 bridgehead atoms. The fourth-order valence-electron chi connectivity index (χ4n) is 2.09. The van der Waals surface area contributed by atoms with Crippen molar-refractivity contribution in [2.75, 3.05) is 25.1 Å². The molecule has 0 aliphatic heterocycles. The summed E-state index contributed by atoms with van der Waals surface area (Å²) >= 11 is 0. The Morgan fingerprint density at radius 3 is 2.29 bits per heavy atom. The van der Waals surface area contributed by atoms with Crippen LogP contribution < -0.4 is 10.6 Å². The summed E-state index contributed by atoms with van der Waals surface area (Å²) in [5, 5.41) is 5.70. The average molecular weight is 334 g/mol. The molecule has 0 saturated carbocycles. The number of carbonyl (C=O) groups is 2. The topological polar surface area (TPSA) is 67.4 Å². The second-order valence-corrected chi connectivity index (χ2v) is 5.80. The Kier molecular flexibility index (Phi) is 10.5. The molecule has 0 radical (unpaired) electrons. The van der Waals surface area contributed by atoms with Gasteiger partial charge < -0.3 is 15.4 Å². The van der Waals surface area contributed by atoms with E-state index in [1.54, 1.807) is 24.3 Å². The molecule has 24 heavy (non-hydrogen) atoms. The van der Waals surface area contributed by atoms with Gasteiger partial charge >= 0.3 is 0 Å². The Labute approximate surface area is 145 Å². The van der Waals surface area contributed by atoms with Gasteiger partial charge in [0.1, 0.15) is 0 Å². The van der Waals surface area contributed by atoms with Gasteiger partial charge in [-0.3, -0.25) is 9.59 Å². The van der Waals surface area contributed by atoms with E-state index in [0.29, 0.717) is 25.1 Å². The predicted octanol–water partition coefficient (Wildman–Crippen LogP) is 3.75. The van der Waals surface area contributed by atoms with Crippen LogP contribution in [0.15, 0.2) is 24.3 Å². The maximum absolute atomic E-state index is 12.0. The first-order valence-electron chi connectivity index (χ1n) is 8.93. The second-order valence-electron chi connectivity index (χ2n) is 5.80. The summed E-state index contributed by atoms with van der Waals surface area (Å²) < 4.78 is 5.45. The molecule has 0 atom stereocenters. The quantitative estimate of drug-likeness (QED) is 0.572. The molecule has 0 fully saturated rings. The van der Waals surface area contributed by atoms with Gasteiger partial charge in [0.15, 0.2) is 0 Å². The molecule has 1 aromatic carbocycles. The van der Waals surface area contributed by atoms with Gasteiger partial charge in [-0.15, -0.1) is 0 Å². The van der Waals surface area contributed by atoms with Crippen molar-refractivity contribution in [3.05, 3.63) is 29.8 Å². The lowest BCUT2D eigenvalue weighted by molar-refractivity contribution is -0.116. The number of ether oxygens (including phenoxy) is 1. The third kappa shape index (κ3) is 8.67. The van der Waals surface area contributed by atoms with E-state index in [1.807, 2.05) is 0 Å². The number of nitrogens with one attached hydrogen (secondary N) is 2. The van der Waals surface area contributed by atoms with Crippen LogP contribution in [-0.4, -0.2) is 31.6 Å². The highest BCUT2D eigenvalue weighted by atomic mass is 16.5. The van der Waals surface area contributed by atoms with Gasteiger partial charge in [-0.05, 0) is 43.5 Å². The van der Waals surface area contributed by atoms with Gasteiger partial charge in [-0.2, -0.15) is 0 Å². The van der Waals surface area contributed by atoms with E-state index in [9.17, 15) is 9.59 Å². The summed E-state index contributed by atoms with van der Waals surface area (Å²) in [6.45, 7) is 6.24. The van der Waals surface area contributed by atoms with Crippen molar-refractivity contribution < 1.29 is 14.3 Å². The van der Waals surface area contributed by atoms with Crippen LogP contribution in [0.25, 0.3) is 0 Å². The van der Waals surface area contributed by atoms with Crippen LogP contribution in [0.4, 0.5) is 5.69 Å². The van der Waals surface area contributed by atoms with Crippen molar-refractivity contribution in [1.82, 2.24) is 5.32 Å². The first-order chi connectivity index (χ1) is 11.7. The van der Waals surface area contributed by atoms with Gasteiger partial charge in [0, 0.05) is 37.4 Å². The van der Waals surface area contributed by atoms with E-state index in [4.69, 9.17) is 4.74 Å². The molecule has 0 unspecified atom stereocenters. The zero-order valence-corrected chi connectivity index (χ0v) is 14.9. The maximum Gasteiger partial charge on any atom is 0.251 e. The van der Waals surface area contributed by atoms with E-state index in [0.717, 1.165) is 44.4 Å². The molecular formula is C19H30N2O3. The van der Waals surface area contributed by atoms with Crippen LogP contribution in [0.2, 0.25) is 0 Å². The summed E-state index contributed by atoms with van der Waals surface area (Å²) in [5.41, 5.74) is 1.31. The van der Waals surface area contributed by atoms with Gasteiger partial charge in [0.25, 0.3) is 5.91 Å². The summed E-state index contributed by atoms with van der Waals surface area (Å²) in [6.07, 6.45) is 5.42. The Balaban J connectivity index is 2.26. The number of unbranched alkanes of at least 4 members (excludes halogenated alkanes) is 2. The molecule has 1 rings (SSSR count). The molecule has 2 N–H and O–H groups in total. The van der Waals surface area contributed by atoms with Gasteiger partial charge in [-0.1, -0.05) is 26.7 Å². The smallest absolute Gasteiger partial charge is 0.251 e. The van der Waals surface area contributed by atoms with Gasteiger partial charge in [0.05, 0.1) is 0 Å². The SMILES string of the molecule is CCCCOCCCNC(=O)c1ccc(NC(=O)CCCC)cc1. The van der Waals surface area contributed by atoms with Gasteiger partial charge in [-0.25, -0.2) is 0 Å². The van der Waals surface area contributed by atoms with Crippen molar-refractivity contribution >= 4 is 17.5 Å². The minimum Gasteiger partial charge on any atom is -0.381 e. The second kappa shape index (κ2) is 12.5. The molecule has 5 heteroatoms. The summed E-state index contributed by atoms with van der Waals surface area (Å²) in [4.78, 5) is 23.7. The van der Waals surface area contributed by atoms with Crippen molar-refractivity contribution in [3.8, 4) is 0 Å². The normalized spacial score (nSPS) is 10.4. The molecule has 0 saturated heterocycles. The molecule has 0 aliphatic carbocycles. The maximum atomic E-state index is 12.0. The van der Waals surface area contributed by atoms with E-state index in [2.05, 4.69) is 24.5 Å². The monoisotopic (exact) mass is 334 g/mol. The summed E-state index contributed by atoms with van der Waals surface area (Å²) in [7, 11) is 0. The van der Waals surface area contributed by atoms with Crippen LogP contribution >= 0.6 is 0 Å². The largest absolute Gasteiger partial charge is 0.381 e. The molecule has 2 amide bonds. The third-order valence-corrected chi connectivity index (χ3v) is 3.58. The number of carbonyl (C=O) groups excluding carboxylic acids is 2. The number of hydrogen-bond acceptors (Lipinski definition) is 3. The lowest BCUT2D eigenvalue weighted by atomic mass is 10.2. The fraction of sp³-hybridized carbons (Fsp3) is 0.579. The minimum absolute atomic E-state index is 0.0112. The summed E-state index contributed by atoms with van der Waals surface area (Å²) in [6, 6.07) is 6.96. The Bertz CT molecular complexity index is 486. The zero-order valence-electron chi connectivity index (χ0n) is 14.9. The third-order valence-electron chi connectivity index (χ3n) is 3.58. The predicted molar refractivity (Wildman–Crippen MR) is 97.3 cm³/mol. The van der Waals surface area contributed by atoms with E-state index in [-0.39, 0.29) is 11.8 Å². The van der Waals surface area contributed by atoms with Gasteiger partial charge in [0.2, 0.25) is 5.91 Å². The molecule has 0 aromatic heterocycles. The highest BCUT2D eigenvalue weighted by Crippen LogP contribution is 2.10. The van der Waals surface area contributed by atoms with E-state index < -0.39 is 0 Å². The highest BCUT2D eigenvalue weighted by molar-refractivity contribution is 5.95. The Morgan fingerprint density at radius 1 is 0.958 bits per heavy atom. The average Bonchev–Trinajstić information content (AvgIpc) is 2.59. The fourth-order valence-corrected chi connectivity index (χ4v) is 2.09. The molecule has 0 heterocycles. The molecule has 0 aliphatic rings. The van der Waals surface area contributed by atoms with Crippen molar-refractivity contribution in [2.45, 2.75) is 52.4 Å². The molecule has 0 spiro atoms. The van der Waals surface area contributed by atoms with Crippen molar-refractivity contribution in [3.63, 3.8) is 0 Å². The lowest BCUT2D eigenvalue weighted by Gasteiger charge is -2.08. The molecule has 5 nitrogen and oxygen atoms in total. The van der Waals surface area contributed by atoms with Crippen LogP contribution in [-0.2, 0) is 9.53 Å². The standard InChI is InChI=1S/C19H30N2O3/c1-3-5-8-18(22)21-17-11-9-16(10-12-17)19(23)20-13-7-15-24-14-6-4-2/h9-12H,3-8,13-15H2,1-2H3,(H,20,23)(H,21,22). The number of hydrogen-bond donors (Lipinski definition) is 2. The van der Waals surface area contributed by atoms with E-state index >= 15 is 0 Å². The lowest BCUT2D eigenvalue weighted by Crippen LogP contribution is -2.25. The van der Waals surface area contributed by atoms with Crippen LogP contribution in [0.5, 0.6) is 0 Å². The Morgan fingerprint density at radius 2 is 1.62 bits per heavy atom. The van der Waals surface area contributed by atoms with Crippen LogP contribution in [0.1, 0.15) is 62.7 Å². The molecular weight excluding hydrogens is 304 g/mol. The first kappa shape index (κ1) is 20.2. The van der Waals surface area contributed by atoms with Crippen molar-refractivity contribution in [1.29, 1.82) is 0 Å². The number of anilines is 1. The number of benzene rings is 1. The highest BCUT2D eigenvalue weighted by Gasteiger charge is 2.06. The van der Waals surface area contributed by atoms with Crippen molar-refractivity contribution in [2.24, 2.45) is 0 Å².